The van der Waals surface area contributed by atoms with Crippen LogP contribution in [0.25, 0.3) is 5.69 Å². The minimum Gasteiger partial charge on any atom is -0.320 e. The van der Waals surface area contributed by atoms with Crippen molar-refractivity contribution in [3.05, 3.63) is 87.4 Å². The Balaban J connectivity index is 1.67. The molecule has 1 amide bonds. The lowest BCUT2D eigenvalue weighted by atomic mass is 10.2. The van der Waals surface area contributed by atoms with Crippen LogP contribution in [0.4, 0.5) is 5.69 Å². The molecule has 0 fully saturated rings. The second-order valence-corrected chi connectivity index (χ2v) is 8.77. The molecular weight excluding hydrogens is 467 g/mol. The van der Waals surface area contributed by atoms with E-state index in [2.05, 4.69) is 25.6 Å². The molecule has 4 aromatic rings. The van der Waals surface area contributed by atoms with Crippen LogP contribution in [0.3, 0.4) is 0 Å². The lowest BCUT2D eigenvalue weighted by Crippen LogP contribution is -2.15. The highest BCUT2D eigenvalue weighted by molar-refractivity contribution is 7.98. The molecule has 10 heteroatoms. The van der Waals surface area contributed by atoms with Gasteiger partial charge in [0.1, 0.15) is 0 Å². The second-order valence-electron chi connectivity index (χ2n) is 6.96. The van der Waals surface area contributed by atoms with Crippen molar-refractivity contribution >= 4 is 46.6 Å². The van der Waals surface area contributed by atoms with Gasteiger partial charge in [-0.05, 0) is 62.4 Å². The molecule has 2 aromatic carbocycles. The second kappa shape index (κ2) is 9.68. The zero-order valence-corrected chi connectivity index (χ0v) is 19.5. The van der Waals surface area contributed by atoms with Gasteiger partial charge in [-0.1, -0.05) is 46.2 Å². The van der Waals surface area contributed by atoms with Gasteiger partial charge in [0.2, 0.25) is 0 Å². The Labute approximate surface area is 199 Å². The Morgan fingerprint density at radius 2 is 1.72 bits per heavy atom. The fraction of sp³-hybridized carbons (Fsp3) is 0.136. The summed E-state index contributed by atoms with van der Waals surface area (Å²) in [5.74, 6) is 0.000938. The van der Waals surface area contributed by atoms with E-state index in [0.717, 1.165) is 17.1 Å². The SMILES string of the molecule is Cc1cc(C)nc(SCc2c(C(=O)Nc3cccc(Cl)c3)nnn2-c2ccc(Cl)cc2)n1. The summed E-state index contributed by atoms with van der Waals surface area (Å²) in [6, 6.07) is 16.0. The normalized spacial score (nSPS) is 10.9. The van der Waals surface area contributed by atoms with Crippen LogP contribution in [-0.2, 0) is 5.75 Å². The maximum Gasteiger partial charge on any atom is 0.278 e. The van der Waals surface area contributed by atoms with E-state index in [1.54, 1.807) is 41.1 Å². The molecule has 0 unspecified atom stereocenters. The van der Waals surface area contributed by atoms with Crippen LogP contribution in [0.15, 0.2) is 59.8 Å². The first kappa shape index (κ1) is 22.3. The summed E-state index contributed by atoms with van der Waals surface area (Å²) in [6.45, 7) is 3.84. The van der Waals surface area contributed by atoms with Crippen molar-refractivity contribution in [2.45, 2.75) is 24.8 Å². The predicted octanol–water partition coefficient (Wildman–Crippen LogP) is 5.53. The van der Waals surface area contributed by atoms with E-state index in [1.165, 1.54) is 11.8 Å². The molecule has 2 heterocycles. The van der Waals surface area contributed by atoms with Crippen molar-refractivity contribution < 1.29 is 4.79 Å². The van der Waals surface area contributed by atoms with E-state index < -0.39 is 0 Å². The van der Waals surface area contributed by atoms with Crippen molar-refractivity contribution in [1.82, 2.24) is 25.0 Å². The van der Waals surface area contributed by atoms with Crippen LogP contribution in [-0.4, -0.2) is 30.9 Å². The van der Waals surface area contributed by atoms with Crippen molar-refractivity contribution in [3.63, 3.8) is 0 Å². The number of hydrogen-bond acceptors (Lipinski definition) is 6. The number of halogens is 2. The van der Waals surface area contributed by atoms with Gasteiger partial charge in [0.25, 0.3) is 5.91 Å². The highest BCUT2D eigenvalue weighted by Crippen LogP contribution is 2.25. The molecule has 0 saturated carbocycles. The largest absolute Gasteiger partial charge is 0.320 e. The zero-order valence-electron chi connectivity index (χ0n) is 17.2. The third-order valence-electron chi connectivity index (χ3n) is 4.43. The van der Waals surface area contributed by atoms with E-state index in [0.29, 0.717) is 32.3 Å². The van der Waals surface area contributed by atoms with E-state index in [1.807, 2.05) is 32.0 Å². The van der Waals surface area contributed by atoms with Crippen LogP contribution < -0.4 is 5.32 Å². The standard InChI is InChI=1S/C22H18Cl2N6OS/c1-13-10-14(2)26-22(25-13)32-12-19-20(21(31)27-17-5-3-4-16(24)11-17)28-29-30(19)18-8-6-15(23)7-9-18/h3-11H,12H2,1-2H3,(H,27,31). The zero-order chi connectivity index (χ0) is 22.7. The number of rotatable bonds is 6. The number of carbonyl (C=O) groups excluding carboxylic acids is 1. The number of aromatic nitrogens is 5. The van der Waals surface area contributed by atoms with Gasteiger partial charge in [-0.15, -0.1) is 5.10 Å². The van der Waals surface area contributed by atoms with Gasteiger partial charge in [0.15, 0.2) is 10.9 Å². The average molecular weight is 485 g/mol. The number of hydrogen-bond donors (Lipinski definition) is 1. The molecular formula is C22H18Cl2N6OS. The Bertz CT molecular complexity index is 1260. The highest BCUT2D eigenvalue weighted by atomic mass is 35.5. The van der Waals surface area contributed by atoms with Gasteiger partial charge >= 0.3 is 0 Å². The average Bonchev–Trinajstić information content (AvgIpc) is 3.16. The Morgan fingerprint density at radius 1 is 1.00 bits per heavy atom. The minimum absolute atomic E-state index is 0.205. The van der Waals surface area contributed by atoms with E-state index in [9.17, 15) is 4.79 Å². The number of benzene rings is 2. The Kier molecular flexibility index (Phi) is 6.74. The van der Waals surface area contributed by atoms with Gasteiger partial charge < -0.3 is 5.32 Å². The smallest absolute Gasteiger partial charge is 0.278 e. The fourth-order valence-electron chi connectivity index (χ4n) is 3.04. The summed E-state index contributed by atoms with van der Waals surface area (Å²) in [5, 5.41) is 13.0. The quantitative estimate of drug-likeness (QED) is 0.286. The van der Waals surface area contributed by atoms with E-state index >= 15 is 0 Å². The summed E-state index contributed by atoms with van der Waals surface area (Å²) in [6.07, 6.45) is 0. The maximum atomic E-state index is 13.0. The van der Waals surface area contributed by atoms with E-state index in [4.69, 9.17) is 23.2 Å². The molecule has 0 saturated heterocycles. The molecule has 0 aliphatic heterocycles. The number of nitrogens with zero attached hydrogens (tertiary/aromatic N) is 5. The lowest BCUT2D eigenvalue weighted by molar-refractivity contribution is 0.102. The first-order valence-corrected chi connectivity index (χ1v) is 11.4. The first-order chi connectivity index (χ1) is 15.4. The molecule has 0 atom stereocenters. The van der Waals surface area contributed by atoms with Gasteiger partial charge in [0.05, 0.1) is 11.4 Å². The molecule has 1 N–H and O–H groups in total. The van der Waals surface area contributed by atoms with Crippen LogP contribution >= 0.6 is 35.0 Å². The molecule has 0 spiro atoms. The van der Waals surface area contributed by atoms with E-state index in [-0.39, 0.29) is 11.6 Å². The molecule has 2 aromatic heterocycles. The Hall–Kier alpha value is -2.94. The lowest BCUT2D eigenvalue weighted by Gasteiger charge is -2.09. The van der Waals surface area contributed by atoms with Gasteiger partial charge in [0, 0.05) is 32.9 Å². The maximum absolute atomic E-state index is 13.0. The third kappa shape index (κ3) is 5.27. The summed E-state index contributed by atoms with van der Waals surface area (Å²) >= 11 is 13.5. The highest BCUT2D eigenvalue weighted by Gasteiger charge is 2.22. The topological polar surface area (TPSA) is 85.6 Å². The van der Waals surface area contributed by atoms with Crippen molar-refractivity contribution in [1.29, 1.82) is 0 Å². The van der Waals surface area contributed by atoms with Gasteiger partial charge in [-0.25, -0.2) is 14.6 Å². The van der Waals surface area contributed by atoms with Crippen LogP contribution in [0.1, 0.15) is 27.6 Å². The number of anilines is 1. The van der Waals surface area contributed by atoms with Crippen LogP contribution in [0, 0.1) is 13.8 Å². The predicted molar refractivity (Wildman–Crippen MR) is 127 cm³/mol. The van der Waals surface area contributed by atoms with Crippen molar-refractivity contribution in [2.24, 2.45) is 0 Å². The molecule has 4 rings (SSSR count). The Morgan fingerprint density at radius 3 is 2.41 bits per heavy atom. The van der Waals surface area contributed by atoms with Crippen LogP contribution in [0.5, 0.6) is 0 Å². The number of nitrogens with one attached hydrogen (secondary N) is 1. The molecule has 7 nitrogen and oxygen atoms in total. The minimum atomic E-state index is -0.385. The number of carbonyl (C=O) groups is 1. The fourth-order valence-corrected chi connectivity index (χ4v) is 4.30. The summed E-state index contributed by atoms with van der Waals surface area (Å²) in [5.41, 5.74) is 3.88. The van der Waals surface area contributed by atoms with Gasteiger partial charge in [-0.2, -0.15) is 0 Å². The molecule has 0 radical (unpaired) electrons. The molecule has 162 valence electrons. The number of amides is 1. The molecule has 32 heavy (non-hydrogen) atoms. The summed E-state index contributed by atoms with van der Waals surface area (Å²) < 4.78 is 1.62. The van der Waals surface area contributed by atoms with Crippen LogP contribution in [0.2, 0.25) is 10.0 Å². The first-order valence-electron chi connectivity index (χ1n) is 9.61. The number of aryl methyl sites for hydroxylation is 2. The summed E-state index contributed by atoms with van der Waals surface area (Å²) in [7, 11) is 0. The molecule has 0 bridgehead atoms. The number of thioether (sulfide) groups is 1. The van der Waals surface area contributed by atoms with Crippen molar-refractivity contribution in [3.8, 4) is 5.69 Å². The van der Waals surface area contributed by atoms with Gasteiger partial charge in [-0.3, -0.25) is 4.79 Å². The van der Waals surface area contributed by atoms with Crippen molar-refractivity contribution in [2.75, 3.05) is 5.32 Å². The third-order valence-corrected chi connectivity index (χ3v) is 5.78. The monoisotopic (exact) mass is 484 g/mol. The summed E-state index contributed by atoms with van der Waals surface area (Å²) in [4.78, 5) is 22.0. The molecule has 0 aliphatic rings. The molecule has 0 aliphatic carbocycles.